The molecule has 0 N–H and O–H groups in total. The zero-order valence-corrected chi connectivity index (χ0v) is 15.4. The fourth-order valence-electron chi connectivity index (χ4n) is 2.85. The van der Waals surface area contributed by atoms with Crippen LogP contribution in [0, 0.1) is 0 Å². The van der Waals surface area contributed by atoms with Gasteiger partial charge in [-0.2, -0.15) is 4.99 Å². The third kappa shape index (κ3) is 3.17. The van der Waals surface area contributed by atoms with Crippen LogP contribution in [-0.2, 0) is 6.54 Å². The minimum Gasteiger partial charge on any atom is -0.454 e. The van der Waals surface area contributed by atoms with E-state index in [-0.39, 0.29) is 18.5 Å². The molecule has 1 aliphatic heterocycles. The summed E-state index contributed by atoms with van der Waals surface area (Å²) in [6.07, 6.45) is 1.75. The second-order valence-corrected chi connectivity index (χ2v) is 7.02. The number of thiazole rings is 1. The van der Waals surface area contributed by atoms with Gasteiger partial charge in [0.05, 0.1) is 10.2 Å². The summed E-state index contributed by atoms with van der Waals surface area (Å²) >= 11 is 1.40. The Morgan fingerprint density at radius 3 is 2.52 bits per heavy atom. The van der Waals surface area contributed by atoms with Gasteiger partial charge in [-0.05, 0) is 19.1 Å². The smallest absolute Gasteiger partial charge is 0.279 e. The molecule has 2 aromatic carbocycles. The number of carbonyl (C=O) groups excluding carboxylic acids is 2. The lowest BCUT2D eigenvalue weighted by Gasteiger charge is -2.02. The maximum atomic E-state index is 12.6. The highest BCUT2D eigenvalue weighted by Gasteiger charge is 2.17. The molecule has 2 heterocycles. The Hall–Kier alpha value is -3.19. The van der Waals surface area contributed by atoms with Crippen LogP contribution in [0.5, 0.6) is 11.5 Å². The number of hydrogen-bond acceptors (Lipinski definition) is 5. The van der Waals surface area contributed by atoms with Crippen LogP contribution in [0.3, 0.4) is 0 Å². The van der Waals surface area contributed by atoms with Gasteiger partial charge in [0.15, 0.2) is 22.1 Å². The topological polar surface area (TPSA) is 69.9 Å². The molecule has 6 nitrogen and oxygen atoms in total. The van der Waals surface area contributed by atoms with E-state index in [0.717, 1.165) is 10.2 Å². The average Bonchev–Trinajstić information content (AvgIpc) is 3.24. The van der Waals surface area contributed by atoms with Crippen molar-refractivity contribution in [2.24, 2.45) is 4.99 Å². The Morgan fingerprint density at radius 2 is 1.85 bits per heavy atom. The lowest BCUT2D eigenvalue weighted by molar-refractivity contribution is 0.0991. The van der Waals surface area contributed by atoms with Crippen LogP contribution < -0.4 is 14.3 Å². The van der Waals surface area contributed by atoms with Crippen molar-refractivity contribution >= 4 is 33.2 Å². The minimum absolute atomic E-state index is 0.0447. The summed E-state index contributed by atoms with van der Waals surface area (Å²) in [7, 11) is 0. The Labute approximate surface area is 159 Å². The number of benzene rings is 2. The van der Waals surface area contributed by atoms with E-state index in [1.54, 1.807) is 30.3 Å². The van der Waals surface area contributed by atoms with E-state index in [0.29, 0.717) is 34.0 Å². The predicted octanol–water partition coefficient (Wildman–Crippen LogP) is 3.56. The molecule has 0 fully saturated rings. The quantitative estimate of drug-likeness (QED) is 0.513. The monoisotopic (exact) mass is 380 g/mol. The summed E-state index contributed by atoms with van der Waals surface area (Å²) in [6, 6.07) is 10.3. The molecule has 0 spiro atoms. The van der Waals surface area contributed by atoms with Crippen LogP contribution in [0.4, 0.5) is 0 Å². The molecule has 4 rings (SSSR count). The number of nitrogens with zero attached hydrogens (tertiary/aromatic N) is 2. The number of carbonyl (C=O) groups is 2. The van der Waals surface area contributed by atoms with Crippen molar-refractivity contribution in [2.45, 2.75) is 13.5 Å². The fraction of sp³-hybridized carbons (Fsp3) is 0.150. The maximum Gasteiger partial charge on any atom is 0.279 e. The lowest BCUT2D eigenvalue weighted by Crippen LogP contribution is -2.16. The first-order valence-corrected chi connectivity index (χ1v) is 9.12. The van der Waals surface area contributed by atoms with E-state index < -0.39 is 0 Å². The van der Waals surface area contributed by atoms with Crippen LogP contribution in [0.1, 0.15) is 27.6 Å². The van der Waals surface area contributed by atoms with Gasteiger partial charge < -0.3 is 14.0 Å². The highest BCUT2D eigenvalue weighted by Crippen LogP contribution is 2.36. The van der Waals surface area contributed by atoms with E-state index in [1.165, 1.54) is 18.3 Å². The number of aromatic nitrogens is 1. The van der Waals surface area contributed by atoms with E-state index in [2.05, 4.69) is 11.6 Å². The van der Waals surface area contributed by atoms with Crippen LogP contribution in [0.15, 0.2) is 54.0 Å². The Kier molecular flexibility index (Phi) is 4.37. The maximum absolute atomic E-state index is 12.6. The first-order valence-electron chi connectivity index (χ1n) is 8.31. The average molecular weight is 380 g/mol. The summed E-state index contributed by atoms with van der Waals surface area (Å²) in [5.41, 5.74) is 1.89. The van der Waals surface area contributed by atoms with Gasteiger partial charge in [0, 0.05) is 29.8 Å². The van der Waals surface area contributed by atoms with Crippen molar-refractivity contribution in [3.05, 3.63) is 65.0 Å². The van der Waals surface area contributed by atoms with Crippen LogP contribution in [-0.4, -0.2) is 23.1 Å². The first kappa shape index (κ1) is 17.2. The summed E-state index contributed by atoms with van der Waals surface area (Å²) in [5, 5.41) is 0. The largest absolute Gasteiger partial charge is 0.454 e. The molecule has 0 saturated carbocycles. The number of fused-ring (bicyclic) bond motifs is 2. The molecule has 136 valence electrons. The van der Waals surface area contributed by atoms with Gasteiger partial charge in [-0.3, -0.25) is 9.59 Å². The number of ether oxygens (including phenoxy) is 2. The molecule has 0 unspecified atom stereocenters. The zero-order valence-electron chi connectivity index (χ0n) is 14.6. The summed E-state index contributed by atoms with van der Waals surface area (Å²) in [5.74, 6) is 0.953. The number of amides is 1. The molecule has 27 heavy (non-hydrogen) atoms. The Morgan fingerprint density at radius 1 is 1.19 bits per heavy atom. The van der Waals surface area contributed by atoms with Gasteiger partial charge >= 0.3 is 0 Å². The van der Waals surface area contributed by atoms with Crippen molar-refractivity contribution in [2.75, 3.05) is 6.79 Å². The van der Waals surface area contributed by atoms with Crippen LogP contribution in [0.25, 0.3) is 10.2 Å². The van der Waals surface area contributed by atoms with Crippen LogP contribution >= 0.6 is 11.3 Å². The minimum atomic E-state index is -0.366. The van der Waals surface area contributed by atoms with E-state index in [4.69, 9.17) is 9.47 Å². The van der Waals surface area contributed by atoms with Crippen LogP contribution in [0.2, 0.25) is 0 Å². The molecule has 3 aromatic rings. The first-order chi connectivity index (χ1) is 13.1. The lowest BCUT2D eigenvalue weighted by atomic mass is 10.1. The zero-order chi connectivity index (χ0) is 19.0. The summed E-state index contributed by atoms with van der Waals surface area (Å²) in [4.78, 5) is 28.8. The third-order valence-electron chi connectivity index (χ3n) is 4.22. The molecule has 0 aliphatic carbocycles. The van der Waals surface area contributed by atoms with Gasteiger partial charge in [-0.25, -0.2) is 0 Å². The van der Waals surface area contributed by atoms with E-state index >= 15 is 0 Å². The number of hydrogen-bond donors (Lipinski definition) is 0. The van der Waals surface area contributed by atoms with Crippen molar-refractivity contribution in [3.63, 3.8) is 0 Å². The third-order valence-corrected chi connectivity index (χ3v) is 5.27. The molecule has 0 radical (unpaired) electrons. The number of Topliss-reactive ketones (excluding diaryl/α,β-unsaturated/α-hetero) is 1. The molecule has 0 bridgehead atoms. The summed E-state index contributed by atoms with van der Waals surface area (Å²) < 4.78 is 13.7. The number of ketones is 1. The fourth-order valence-corrected chi connectivity index (χ4v) is 3.90. The normalized spacial score (nSPS) is 13.1. The molecule has 0 atom stereocenters. The highest BCUT2D eigenvalue weighted by molar-refractivity contribution is 7.16. The molecular weight excluding hydrogens is 364 g/mol. The van der Waals surface area contributed by atoms with Gasteiger partial charge in [0.25, 0.3) is 5.91 Å². The molecular formula is C20H16N2O4S. The van der Waals surface area contributed by atoms with Gasteiger partial charge in [0.1, 0.15) is 0 Å². The predicted molar refractivity (Wildman–Crippen MR) is 102 cm³/mol. The van der Waals surface area contributed by atoms with Gasteiger partial charge in [0.2, 0.25) is 6.79 Å². The van der Waals surface area contributed by atoms with Crippen molar-refractivity contribution < 1.29 is 19.1 Å². The number of allylic oxidation sites excluding steroid dienone is 1. The molecule has 1 aromatic heterocycles. The van der Waals surface area contributed by atoms with Crippen molar-refractivity contribution in [3.8, 4) is 11.5 Å². The second kappa shape index (κ2) is 6.85. The standard InChI is InChI=1S/C20H16N2O4S/c1-3-8-22-15-9-16-17(26-11-25-16)10-18(15)27-20(22)21-19(24)14-6-4-13(5-7-14)12(2)23/h3-7,9-10H,1,8,11H2,2H3. The van der Waals surface area contributed by atoms with Gasteiger partial charge in [-0.15, -0.1) is 6.58 Å². The molecule has 1 aliphatic rings. The Balaban J connectivity index is 1.79. The molecule has 7 heteroatoms. The van der Waals surface area contributed by atoms with Gasteiger partial charge in [-0.1, -0.05) is 29.5 Å². The SMILES string of the molecule is C=CCn1c(=NC(=O)c2ccc(C(C)=O)cc2)sc2cc3c(cc21)OCO3. The Bertz CT molecular complexity index is 1140. The number of rotatable bonds is 4. The van der Waals surface area contributed by atoms with Crippen molar-refractivity contribution in [1.29, 1.82) is 0 Å². The highest BCUT2D eigenvalue weighted by atomic mass is 32.1. The second-order valence-electron chi connectivity index (χ2n) is 6.01. The van der Waals surface area contributed by atoms with E-state index in [1.807, 2.05) is 16.7 Å². The summed E-state index contributed by atoms with van der Waals surface area (Å²) in [6.45, 7) is 5.99. The van der Waals surface area contributed by atoms with Crippen molar-refractivity contribution in [1.82, 2.24) is 4.57 Å². The molecule has 1 amide bonds. The molecule has 0 saturated heterocycles. The van der Waals surface area contributed by atoms with E-state index in [9.17, 15) is 9.59 Å².